The van der Waals surface area contributed by atoms with Crippen LogP contribution in [0.5, 0.6) is 0 Å². The van der Waals surface area contributed by atoms with E-state index in [1.807, 2.05) is 0 Å². The molecule has 2 atom stereocenters. The first-order valence-electron chi connectivity index (χ1n) is 4.01. The van der Waals surface area contributed by atoms with Gasteiger partial charge in [0.05, 0.1) is 0 Å². The molecule has 1 fully saturated rings. The Labute approximate surface area is 67.0 Å². The molecule has 1 amide bonds. The van der Waals surface area contributed by atoms with Gasteiger partial charge < -0.3 is 10.0 Å². The van der Waals surface area contributed by atoms with Crippen molar-refractivity contribution in [3.8, 4) is 0 Å². The van der Waals surface area contributed by atoms with Gasteiger partial charge in [0.15, 0.2) is 0 Å². The Morgan fingerprint density at radius 3 is 2.55 bits per heavy atom. The van der Waals surface area contributed by atoms with Gasteiger partial charge in [-0.3, -0.25) is 4.79 Å². The Morgan fingerprint density at radius 2 is 2.27 bits per heavy atom. The van der Waals surface area contributed by atoms with E-state index in [0.29, 0.717) is 11.8 Å². The van der Waals surface area contributed by atoms with Crippen LogP contribution in [0.2, 0.25) is 0 Å². The minimum atomic E-state index is 0.118. The van der Waals surface area contributed by atoms with Crippen molar-refractivity contribution < 1.29 is 9.90 Å². The number of nitrogens with zero attached hydrogens (tertiary/aromatic N) is 1. The first kappa shape index (κ1) is 8.53. The number of carbonyl (C=O) groups excluding carboxylic acids is 1. The van der Waals surface area contributed by atoms with E-state index >= 15 is 0 Å². The Balaban J connectivity index is 2.49. The van der Waals surface area contributed by atoms with E-state index in [4.69, 9.17) is 5.11 Å². The molecule has 11 heavy (non-hydrogen) atoms. The van der Waals surface area contributed by atoms with Gasteiger partial charge in [0, 0.05) is 32.5 Å². The first-order valence-corrected chi connectivity index (χ1v) is 4.01. The van der Waals surface area contributed by atoms with Gasteiger partial charge in [-0.15, -0.1) is 0 Å². The third-order valence-electron chi connectivity index (χ3n) is 2.45. The molecule has 1 heterocycles. The summed E-state index contributed by atoms with van der Waals surface area (Å²) in [6.07, 6.45) is 0. The van der Waals surface area contributed by atoms with Crippen LogP contribution in [-0.2, 0) is 4.79 Å². The van der Waals surface area contributed by atoms with Crippen LogP contribution in [0, 0.1) is 11.8 Å². The normalized spacial score (nSPS) is 31.0. The fraction of sp³-hybridized carbons (Fsp3) is 0.875. The average molecular weight is 157 g/mol. The molecule has 0 bridgehead atoms. The lowest BCUT2D eigenvalue weighted by Crippen LogP contribution is -2.26. The average Bonchev–Trinajstić information content (AvgIpc) is 2.31. The third-order valence-corrected chi connectivity index (χ3v) is 2.45. The molecule has 0 spiro atoms. The van der Waals surface area contributed by atoms with Crippen LogP contribution >= 0.6 is 0 Å². The second-order valence-electron chi connectivity index (χ2n) is 3.34. The van der Waals surface area contributed by atoms with Gasteiger partial charge in [-0.2, -0.15) is 0 Å². The maximum absolute atomic E-state index is 10.9. The van der Waals surface area contributed by atoms with Crippen LogP contribution in [0.1, 0.15) is 13.8 Å². The van der Waals surface area contributed by atoms with Gasteiger partial charge in [-0.25, -0.2) is 0 Å². The van der Waals surface area contributed by atoms with Gasteiger partial charge in [-0.05, 0) is 5.92 Å². The van der Waals surface area contributed by atoms with Crippen molar-refractivity contribution in [1.29, 1.82) is 0 Å². The second kappa shape index (κ2) is 3.22. The van der Waals surface area contributed by atoms with E-state index in [1.165, 1.54) is 0 Å². The number of aliphatic hydroxyl groups is 1. The Kier molecular flexibility index (Phi) is 2.49. The zero-order valence-corrected chi connectivity index (χ0v) is 7.08. The van der Waals surface area contributed by atoms with E-state index in [-0.39, 0.29) is 12.5 Å². The number of likely N-dealkylation sites (tertiary alicyclic amines) is 1. The van der Waals surface area contributed by atoms with E-state index < -0.39 is 0 Å². The van der Waals surface area contributed by atoms with Crippen molar-refractivity contribution in [2.24, 2.45) is 11.8 Å². The number of rotatable bonds is 1. The van der Waals surface area contributed by atoms with E-state index in [2.05, 4.69) is 6.92 Å². The van der Waals surface area contributed by atoms with E-state index in [9.17, 15) is 4.79 Å². The number of hydrogen-bond acceptors (Lipinski definition) is 2. The fourth-order valence-electron chi connectivity index (χ4n) is 1.53. The summed E-state index contributed by atoms with van der Waals surface area (Å²) in [4.78, 5) is 12.7. The van der Waals surface area contributed by atoms with Crippen molar-refractivity contribution in [2.75, 3.05) is 19.7 Å². The van der Waals surface area contributed by atoms with Crippen LogP contribution in [0.15, 0.2) is 0 Å². The van der Waals surface area contributed by atoms with Crippen LogP contribution in [0.4, 0.5) is 0 Å². The van der Waals surface area contributed by atoms with Crippen molar-refractivity contribution >= 4 is 5.91 Å². The molecule has 0 saturated carbocycles. The zero-order valence-electron chi connectivity index (χ0n) is 7.08. The molecule has 0 aliphatic carbocycles. The summed E-state index contributed by atoms with van der Waals surface area (Å²) < 4.78 is 0. The van der Waals surface area contributed by atoms with E-state index in [1.54, 1.807) is 11.8 Å². The largest absolute Gasteiger partial charge is 0.396 e. The number of aliphatic hydroxyl groups excluding tert-OH is 1. The van der Waals surface area contributed by atoms with Crippen LogP contribution in [0.3, 0.4) is 0 Å². The molecule has 1 aliphatic rings. The molecule has 0 radical (unpaired) electrons. The summed E-state index contributed by atoms with van der Waals surface area (Å²) in [5, 5.41) is 8.90. The highest BCUT2D eigenvalue weighted by Gasteiger charge is 2.29. The highest BCUT2D eigenvalue weighted by atomic mass is 16.3. The monoisotopic (exact) mass is 157 g/mol. The molecular formula is C8H15NO2. The predicted molar refractivity (Wildman–Crippen MR) is 42.0 cm³/mol. The Morgan fingerprint density at radius 1 is 1.64 bits per heavy atom. The molecule has 3 heteroatoms. The van der Waals surface area contributed by atoms with Crippen molar-refractivity contribution in [3.05, 3.63) is 0 Å². The maximum atomic E-state index is 10.9. The molecule has 2 unspecified atom stereocenters. The number of carbonyl (C=O) groups is 1. The minimum Gasteiger partial charge on any atom is -0.396 e. The SMILES string of the molecule is CC(=O)N1CC(C)C(CO)C1. The van der Waals surface area contributed by atoms with Crippen molar-refractivity contribution in [1.82, 2.24) is 4.90 Å². The van der Waals surface area contributed by atoms with Gasteiger partial charge in [0.2, 0.25) is 5.91 Å². The lowest BCUT2D eigenvalue weighted by Gasteiger charge is -2.12. The molecular weight excluding hydrogens is 142 g/mol. The topological polar surface area (TPSA) is 40.5 Å². The summed E-state index contributed by atoms with van der Waals surface area (Å²) >= 11 is 0. The summed E-state index contributed by atoms with van der Waals surface area (Å²) in [5.74, 6) is 0.857. The fourth-order valence-corrected chi connectivity index (χ4v) is 1.53. The molecule has 0 aromatic rings. The van der Waals surface area contributed by atoms with Gasteiger partial charge in [0.25, 0.3) is 0 Å². The highest BCUT2D eigenvalue weighted by molar-refractivity contribution is 5.73. The molecule has 64 valence electrons. The standard InChI is InChI=1S/C8H15NO2/c1-6-3-9(7(2)11)4-8(6)5-10/h6,8,10H,3-5H2,1-2H3. The minimum absolute atomic E-state index is 0.118. The van der Waals surface area contributed by atoms with E-state index in [0.717, 1.165) is 13.1 Å². The van der Waals surface area contributed by atoms with Crippen LogP contribution < -0.4 is 0 Å². The van der Waals surface area contributed by atoms with Crippen molar-refractivity contribution in [3.63, 3.8) is 0 Å². The second-order valence-corrected chi connectivity index (χ2v) is 3.34. The molecule has 0 aromatic heterocycles. The van der Waals surface area contributed by atoms with Crippen LogP contribution in [-0.4, -0.2) is 35.6 Å². The lowest BCUT2D eigenvalue weighted by atomic mass is 10.00. The summed E-state index contributed by atoms with van der Waals surface area (Å²) in [7, 11) is 0. The number of hydrogen-bond donors (Lipinski definition) is 1. The van der Waals surface area contributed by atoms with Gasteiger partial charge in [-0.1, -0.05) is 6.92 Å². The molecule has 1 saturated heterocycles. The molecule has 0 aromatic carbocycles. The summed E-state index contributed by atoms with van der Waals surface area (Å²) in [6.45, 7) is 5.38. The predicted octanol–water partition coefficient (Wildman–Crippen LogP) is 0.0931. The van der Waals surface area contributed by atoms with Crippen LogP contribution in [0.25, 0.3) is 0 Å². The molecule has 1 rings (SSSR count). The molecule has 1 N–H and O–H groups in total. The summed E-state index contributed by atoms with van der Waals surface area (Å²) in [6, 6.07) is 0. The van der Waals surface area contributed by atoms with Gasteiger partial charge >= 0.3 is 0 Å². The summed E-state index contributed by atoms with van der Waals surface area (Å²) in [5.41, 5.74) is 0. The Hall–Kier alpha value is -0.570. The lowest BCUT2D eigenvalue weighted by molar-refractivity contribution is -0.128. The Bertz CT molecular complexity index is 158. The quantitative estimate of drug-likeness (QED) is 0.586. The molecule has 1 aliphatic heterocycles. The molecule has 3 nitrogen and oxygen atoms in total. The van der Waals surface area contributed by atoms with Crippen molar-refractivity contribution in [2.45, 2.75) is 13.8 Å². The van der Waals surface area contributed by atoms with Gasteiger partial charge in [0.1, 0.15) is 0 Å². The highest BCUT2D eigenvalue weighted by Crippen LogP contribution is 2.21. The maximum Gasteiger partial charge on any atom is 0.219 e. The number of amides is 1. The first-order chi connectivity index (χ1) is 5.15. The smallest absolute Gasteiger partial charge is 0.219 e. The zero-order chi connectivity index (χ0) is 8.43. The third kappa shape index (κ3) is 1.71.